The molecule has 8 nitrogen and oxygen atoms in total. The zero-order chi connectivity index (χ0) is 20.4. The first-order valence-corrected chi connectivity index (χ1v) is 9.21. The molecule has 0 bridgehead atoms. The molecule has 0 atom stereocenters. The zero-order valence-electron chi connectivity index (χ0n) is 16.6. The van der Waals surface area contributed by atoms with Crippen molar-refractivity contribution in [1.82, 2.24) is 14.5 Å². The van der Waals surface area contributed by atoms with Gasteiger partial charge in [-0.1, -0.05) is 0 Å². The molecule has 0 saturated heterocycles. The highest BCUT2D eigenvalue weighted by molar-refractivity contribution is 5.95. The van der Waals surface area contributed by atoms with Gasteiger partial charge >= 0.3 is 5.97 Å². The SMILES string of the molecule is CCOC(=O)CCN(CCCn1ccnc1)C(=O)c1cc(OC)cc(OC)c1. The van der Waals surface area contributed by atoms with Crippen LogP contribution in [0.25, 0.3) is 0 Å². The van der Waals surface area contributed by atoms with Crippen LogP contribution < -0.4 is 9.47 Å². The zero-order valence-corrected chi connectivity index (χ0v) is 16.6. The van der Waals surface area contributed by atoms with E-state index < -0.39 is 0 Å². The van der Waals surface area contributed by atoms with E-state index in [4.69, 9.17) is 14.2 Å². The molecule has 0 aliphatic rings. The van der Waals surface area contributed by atoms with Gasteiger partial charge in [-0.2, -0.15) is 0 Å². The number of nitrogens with zero attached hydrogens (tertiary/aromatic N) is 3. The summed E-state index contributed by atoms with van der Waals surface area (Å²) in [5.74, 6) is 0.558. The molecule has 1 heterocycles. The van der Waals surface area contributed by atoms with Gasteiger partial charge in [0.25, 0.3) is 5.91 Å². The Bertz CT molecular complexity index is 739. The lowest BCUT2D eigenvalue weighted by molar-refractivity contribution is -0.143. The summed E-state index contributed by atoms with van der Waals surface area (Å²) >= 11 is 0. The summed E-state index contributed by atoms with van der Waals surface area (Å²) in [7, 11) is 3.07. The standard InChI is InChI=1S/C20H27N3O5/c1-4-28-19(24)6-10-23(9-5-8-22-11-7-21-15-22)20(25)16-12-17(26-2)14-18(13-16)27-3/h7,11-15H,4-6,8-10H2,1-3H3. The van der Waals surface area contributed by atoms with Crippen molar-refractivity contribution in [3.63, 3.8) is 0 Å². The molecule has 0 unspecified atom stereocenters. The van der Waals surface area contributed by atoms with Crippen LogP contribution >= 0.6 is 0 Å². The molecular formula is C20H27N3O5. The van der Waals surface area contributed by atoms with Crippen molar-refractivity contribution in [2.24, 2.45) is 0 Å². The number of imidazole rings is 1. The normalized spacial score (nSPS) is 10.4. The summed E-state index contributed by atoms with van der Waals surface area (Å²) < 4.78 is 17.4. The number of carbonyl (C=O) groups excluding carboxylic acids is 2. The Morgan fingerprint density at radius 3 is 2.39 bits per heavy atom. The molecule has 8 heteroatoms. The van der Waals surface area contributed by atoms with E-state index in [0.717, 1.165) is 13.0 Å². The van der Waals surface area contributed by atoms with E-state index >= 15 is 0 Å². The van der Waals surface area contributed by atoms with Crippen LogP contribution in [-0.4, -0.2) is 60.2 Å². The summed E-state index contributed by atoms with van der Waals surface area (Å²) in [6, 6.07) is 5.04. The van der Waals surface area contributed by atoms with Crippen LogP contribution in [0.1, 0.15) is 30.1 Å². The number of rotatable bonds is 11. The summed E-state index contributed by atoms with van der Waals surface area (Å²) in [5.41, 5.74) is 0.447. The molecule has 1 aromatic carbocycles. The fraction of sp³-hybridized carbons (Fsp3) is 0.450. The average molecular weight is 389 g/mol. The fourth-order valence-electron chi connectivity index (χ4n) is 2.75. The van der Waals surface area contributed by atoms with Crippen molar-refractivity contribution >= 4 is 11.9 Å². The Labute approximate surface area is 165 Å². The van der Waals surface area contributed by atoms with Crippen LogP contribution in [0.4, 0.5) is 0 Å². The maximum Gasteiger partial charge on any atom is 0.307 e. The lowest BCUT2D eigenvalue weighted by atomic mass is 10.1. The number of esters is 1. The first-order chi connectivity index (χ1) is 13.6. The minimum atomic E-state index is -0.321. The highest BCUT2D eigenvalue weighted by Crippen LogP contribution is 2.23. The van der Waals surface area contributed by atoms with Gasteiger partial charge in [0.05, 0.1) is 33.6 Å². The van der Waals surface area contributed by atoms with Crippen LogP contribution in [0.5, 0.6) is 11.5 Å². The molecule has 0 radical (unpaired) electrons. The second-order valence-corrected chi connectivity index (χ2v) is 6.10. The number of aromatic nitrogens is 2. The third-order valence-corrected chi connectivity index (χ3v) is 4.18. The van der Waals surface area contributed by atoms with E-state index in [1.54, 1.807) is 42.5 Å². The van der Waals surface area contributed by atoms with Crippen molar-refractivity contribution in [1.29, 1.82) is 0 Å². The van der Waals surface area contributed by atoms with Gasteiger partial charge in [0, 0.05) is 43.7 Å². The molecule has 1 aromatic heterocycles. The van der Waals surface area contributed by atoms with Crippen molar-refractivity contribution in [3.05, 3.63) is 42.5 Å². The Hall–Kier alpha value is -3.03. The van der Waals surface area contributed by atoms with Gasteiger partial charge in [-0.05, 0) is 25.5 Å². The summed E-state index contributed by atoms with van der Waals surface area (Å²) in [6.45, 7) is 3.58. The van der Waals surface area contributed by atoms with Gasteiger partial charge in [-0.15, -0.1) is 0 Å². The third-order valence-electron chi connectivity index (χ3n) is 4.18. The third kappa shape index (κ3) is 6.29. The molecule has 152 valence electrons. The van der Waals surface area contributed by atoms with Gasteiger partial charge in [-0.3, -0.25) is 9.59 Å². The molecule has 0 aliphatic carbocycles. The van der Waals surface area contributed by atoms with Crippen LogP contribution in [-0.2, 0) is 16.1 Å². The van der Waals surface area contributed by atoms with Gasteiger partial charge in [0.2, 0.25) is 0 Å². The van der Waals surface area contributed by atoms with Crippen molar-refractivity contribution < 1.29 is 23.8 Å². The summed E-state index contributed by atoms with van der Waals surface area (Å²) in [6.07, 6.45) is 6.19. The molecule has 0 N–H and O–H groups in total. The highest BCUT2D eigenvalue weighted by atomic mass is 16.5. The number of hydrogen-bond donors (Lipinski definition) is 0. The lowest BCUT2D eigenvalue weighted by Crippen LogP contribution is -2.34. The van der Waals surface area contributed by atoms with E-state index in [1.807, 2.05) is 10.8 Å². The molecule has 0 spiro atoms. The maximum absolute atomic E-state index is 13.1. The van der Waals surface area contributed by atoms with E-state index in [9.17, 15) is 9.59 Å². The smallest absolute Gasteiger partial charge is 0.307 e. The molecule has 2 aromatic rings. The van der Waals surface area contributed by atoms with Crippen molar-refractivity contribution in [2.75, 3.05) is 33.9 Å². The Kier molecular flexibility index (Phi) is 8.33. The minimum absolute atomic E-state index is 0.145. The van der Waals surface area contributed by atoms with Crippen LogP contribution in [0.3, 0.4) is 0 Å². The van der Waals surface area contributed by atoms with Gasteiger partial charge in [0.15, 0.2) is 0 Å². The molecule has 28 heavy (non-hydrogen) atoms. The van der Waals surface area contributed by atoms with Crippen LogP contribution in [0, 0.1) is 0 Å². The topological polar surface area (TPSA) is 82.9 Å². The summed E-state index contributed by atoms with van der Waals surface area (Å²) in [4.78, 5) is 30.5. The van der Waals surface area contributed by atoms with Gasteiger partial charge < -0.3 is 23.7 Å². The Morgan fingerprint density at radius 2 is 1.82 bits per heavy atom. The second-order valence-electron chi connectivity index (χ2n) is 6.10. The monoisotopic (exact) mass is 389 g/mol. The van der Waals surface area contributed by atoms with E-state index in [2.05, 4.69) is 4.98 Å². The minimum Gasteiger partial charge on any atom is -0.497 e. The van der Waals surface area contributed by atoms with Crippen molar-refractivity contribution in [3.8, 4) is 11.5 Å². The molecule has 0 aliphatic heterocycles. The average Bonchev–Trinajstić information content (AvgIpc) is 3.23. The number of hydrogen-bond acceptors (Lipinski definition) is 6. The van der Waals surface area contributed by atoms with E-state index in [-0.39, 0.29) is 24.8 Å². The van der Waals surface area contributed by atoms with Gasteiger partial charge in [-0.25, -0.2) is 4.98 Å². The molecule has 1 amide bonds. The van der Waals surface area contributed by atoms with E-state index in [1.165, 1.54) is 14.2 Å². The van der Waals surface area contributed by atoms with Crippen LogP contribution in [0.2, 0.25) is 0 Å². The number of benzene rings is 1. The second kappa shape index (κ2) is 11.0. The molecule has 0 fully saturated rings. The number of amides is 1. The predicted molar refractivity (Wildman–Crippen MR) is 104 cm³/mol. The maximum atomic E-state index is 13.1. The summed E-state index contributed by atoms with van der Waals surface area (Å²) in [5, 5.41) is 0. The first-order valence-electron chi connectivity index (χ1n) is 9.21. The largest absolute Gasteiger partial charge is 0.497 e. The van der Waals surface area contributed by atoms with Crippen LogP contribution in [0.15, 0.2) is 36.9 Å². The number of carbonyl (C=O) groups is 2. The fourth-order valence-corrected chi connectivity index (χ4v) is 2.75. The number of ether oxygens (including phenoxy) is 3. The number of aryl methyl sites for hydroxylation is 1. The molecular weight excluding hydrogens is 362 g/mol. The highest BCUT2D eigenvalue weighted by Gasteiger charge is 2.19. The Balaban J connectivity index is 2.11. The first kappa shape index (κ1) is 21.3. The molecule has 2 rings (SSSR count). The number of methoxy groups -OCH3 is 2. The Morgan fingerprint density at radius 1 is 1.11 bits per heavy atom. The predicted octanol–water partition coefficient (Wildman–Crippen LogP) is 2.39. The lowest BCUT2D eigenvalue weighted by Gasteiger charge is -2.23. The quantitative estimate of drug-likeness (QED) is 0.549. The van der Waals surface area contributed by atoms with Crippen molar-refractivity contribution in [2.45, 2.75) is 26.3 Å². The molecule has 0 saturated carbocycles. The van der Waals surface area contributed by atoms with E-state index in [0.29, 0.717) is 30.2 Å². The van der Waals surface area contributed by atoms with Gasteiger partial charge in [0.1, 0.15) is 11.5 Å².